The lowest BCUT2D eigenvalue weighted by Gasteiger charge is -2.36. The number of nitrogens with zero attached hydrogens (tertiary/aromatic N) is 6. The van der Waals surface area contributed by atoms with E-state index in [1.54, 1.807) is 0 Å². The molecular formula is C18H32N6O11. The third-order valence-corrected chi connectivity index (χ3v) is 6.03. The lowest BCUT2D eigenvalue weighted by Crippen LogP contribution is -2.60. The van der Waals surface area contributed by atoms with Crippen LogP contribution in [0.1, 0.15) is 19.8 Å². The number of aliphatic hydroxyl groups excluding tert-OH is 5. The Morgan fingerprint density at radius 2 is 1.14 bits per heavy atom. The van der Waals surface area contributed by atoms with Crippen molar-refractivity contribution in [2.45, 2.75) is 56.6 Å². The monoisotopic (exact) mass is 508 g/mol. The summed E-state index contributed by atoms with van der Waals surface area (Å²) in [6, 6.07) is -3.53. The average Bonchev–Trinajstić information content (AvgIpc) is 3.21. The van der Waals surface area contributed by atoms with Crippen LogP contribution in [-0.2, 0) is 9.47 Å². The van der Waals surface area contributed by atoms with E-state index in [0.29, 0.717) is 10.0 Å². The van der Waals surface area contributed by atoms with Gasteiger partial charge in [0.05, 0.1) is 0 Å². The first kappa shape index (κ1) is 27.1. The van der Waals surface area contributed by atoms with Crippen molar-refractivity contribution in [1.82, 2.24) is 29.8 Å². The van der Waals surface area contributed by atoms with Gasteiger partial charge >= 0.3 is 18.1 Å². The highest BCUT2D eigenvalue weighted by atomic mass is 16.5. The van der Waals surface area contributed by atoms with Gasteiger partial charge in [-0.15, -0.1) is 0 Å². The zero-order valence-electron chi connectivity index (χ0n) is 19.5. The third-order valence-electron chi connectivity index (χ3n) is 6.03. The van der Waals surface area contributed by atoms with E-state index >= 15 is 0 Å². The normalized spacial score (nSPS) is 33.9. The molecule has 3 aliphatic rings. The van der Waals surface area contributed by atoms with Gasteiger partial charge in [0.25, 0.3) is 0 Å². The number of rotatable bonds is 10. The number of urea groups is 3. The number of aliphatic hydroxyl groups is 6. The van der Waals surface area contributed by atoms with Crippen molar-refractivity contribution in [1.29, 1.82) is 0 Å². The zero-order chi connectivity index (χ0) is 26.2. The van der Waals surface area contributed by atoms with Gasteiger partial charge in [-0.3, -0.25) is 9.80 Å². The van der Waals surface area contributed by atoms with Gasteiger partial charge in [-0.2, -0.15) is 20.0 Å². The second-order valence-corrected chi connectivity index (χ2v) is 8.39. The van der Waals surface area contributed by atoms with Crippen LogP contribution in [0.15, 0.2) is 0 Å². The number of hydrazine groups is 2. The summed E-state index contributed by atoms with van der Waals surface area (Å²) in [6.07, 6.45) is -9.28. The van der Waals surface area contributed by atoms with Gasteiger partial charge in [-0.05, 0) is 19.8 Å². The first-order valence-corrected chi connectivity index (χ1v) is 10.9. The SMILES string of the molecule is COCCCN1C(=O)N(N2C(=O)N(N3C(=O)N(CCCOC)C(O)C3O)C(C)(O)C2O)C(O)C1O. The van der Waals surface area contributed by atoms with E-state index in [1.807, 2.05) is 0 Å². The maximum absolute atomic E-state index is 13.3. The summed E-state index contributed by atoms with van der Waals surface area (Å²) in [4.78, 5) is 40.8. The van der Waals surface area contributed by atoms with Gasteiger partial charge in [0.2, 0.25) is 12.0 Å². The quantitative estimate of drug-likeness (QED) is 0.159. The number of methoxy groups -OCH3 is 2. The minimum Gasteiger partial charge on any atom is -0.385 e. The van der Waals surface area contributed by atoms with E-state index < -0.39 is 55.0 Å². The Morgan fingerprint density at radius 1 is 0.714 bits per heavy atom. The third kappa shape index (κ3) is 4.33. The van der Waals surface area contributed by atoms with Crippen molar-refractivity contribution in [3.63, 3.8) is 0 Å². The first-order valence-electron chi connectivity index (χ1n) is 10.9. The smallest absolute Gasteiger partial charge is 0.363 e. The Labute approximate surface area is 200 Å². The van der Waals surface area contributed by atoms with Gasteiger partial charge < -0.3 is 40.1 Å². The van der Waals surface area contributed by atoms with Crippen molar-refractivity contribution < 1.29 is 54.5 Å². The second-order valence-electron chi connectivity index (χ2n) is 8.39. The predicted molar refractivity (Wildman–Crippen MR) is 111 cm³/mol. The van der Waals surface area contributed by atoms with Crippen molar-refractivity contribution >= 4 is 18.1 Å². The Bertz CT molecular complexity index is 818. The standard InChI is InChI=1S/C18H32N6O11/c1-18(33)14(29)23(21-12(27)10(25)19(15(21)30)6-4-8-34-2)17(32)24(18)22-13(28)11(26)20(16(22)31)7-5-9-35-3/h10-14,25-29,33H,4-9H2,1-3H3. The molecule has 6 N–H and O–H groups in total. The lowest BCUT2D eigenvalue weighted by molar-refractivity contribution is -0.233. The fraction of sp³-hybridized carbons (Fsp3) is 0.833. The van der Waals surface area contributed by atoms with E-state index in [4.69, 9.17) is 9.47 Å². The second kappa shape index (κ2) is 10.2. The van der Waals surface area contributed by atoms with E-state index in [2.05, 4.69) is 0 Å². The van der Waals surface area contributed by atoms with Gasteiger partial charge in [0.15, 0.2) is 24.9 Å². The highest BCUT2D eigenvalue weighted by molar-refractivity contribution is 5.87. The summed E-state index contributed by atoms with van der Waals surface area (Å²) in [5.41, 5.74) is -2.62. The van der Waals surface area contributed by atoms with Gasteiger partial charge in [-0.1, -0.05) is 0 Å². The molecule has 6 amide bonds. The number of amides is 6. The molecule has 0 bridgehead atoms. The number of carbonyl (C=O) groups excluding carboxylic acids is 3. The molecule has 3 saturated heterocycles. The maximum Gasteiger partial charge on any atom is 0.363 e. The topological polar surface area (TPSA) is 210 Å². The van der Waals surface area contributed by atoms with Crippen LogP contribution in [0.25, 0.3) is 0 Å². The zero-order valence-corrected chi connectivity index (χ0v) is 19.5. The van der Waals surface area contributed by atoms with Crippen LogP contribution in [0.3, 0.4) is 0 Å². The molecule has 0 aromatic carbocycles. The van der Waals surface area contributed by atoms with Crippen molar-refractivity contribution in [3.8, 4) is 0 Å². The van der Waals surface area contributed by atoms with E-state index in [1.165, 1.54) is 14.2 Å². The van der Waals surface area contributed by atoms with Crippen LogP contribution in [0.2, 0.25) is 0 Å². The number of carbonyl (C=O) groups is 3. The van der Waals surface area contributed by atoms with Crippen LogP contribution in [0, 0.1) is 0 Å². The highest BCUT2D eigenvalue weighted by Gasteiger charge is 2.65. The minimum absolute atomic E-state index is 0.0639. The molecular weight excluding hydrogens is 476 g/mol. The number of hydrogen-bond acceptors (Lipinski definition) is 11. The minimum atomic E-state index is -2.62. The lowest BCUT2D eigenvalue weighted by atomic mass is 10.2. The molecule has 3 heterocycles. The maximum atomic E-state index is 13.3. The molecule has 0 aromatic heterocycles. The van der Waals surface area contributed by atoms with E-state index in [0.717, 1.165) is 16.7 Å². The van der Waals surface area contributed by atoms with Crippen LogP contribution in [0.4, 0.5) is 14.4 Å². The largest absolute Gasteiger partial charge is 0.385 e. The molecule has 35 heavy (non-hydrogen) atoms. The van der Waals surface area contributed by atoms with Gasteiger partial charge in [-0.25, -0.2) is 14.4 Å². The van der Waals surface area contributed by atoms with E-state index in [9.17, 15) is 45.0 Å². The summed E-state index contributed by atoms with van der Waals surface area (Å²) in [5, 5.41) is 64.6. The molecule has 0 radical (unpaired) electrons. The number of ether oxygens (including phenoxy) is 2. The van der Waals surface area contributed by atoms with Crippen LogP contribution < -0.4 is 0 Å². The van der Waals surface area contributed by atoms with Gasteiger partial charge in [0.1, 0.15) is 0 Å². The molecule has 6 atom stereocenters. The van der Waals surface area contributed by atoms with Crippen LogP contribution in [-0.4, -0.2) is 156 Å². The molecule has 3 aliphatic heterocycles. The summed E-state index contributed by atoms with van der Waals surface area (Å²) in [6.45, 7) is 1.26. The Balaban J connectivity index is 1.88. The summed E-state index contributed by atoms with van der Waals surface area (Å²) in [7, 11) is 2.87. The Kier molecular flexibility index (Phi) is 7.92. The van der Waals surface area contributed by atoms with E-state index in [-0.39, 0.29) is 49.2 Å². The Morgan fingerprint density at radius 3 is 1.60 bits per heavy atom. The number of hydrogen-bond donors (Lipinski definition) is 6. The molecule has 3 rings (SSSR count). The molecule has 0 aliphatic carbocycles. The summed E-state index contributed by atoms with van der Waals surface area (Å²) >= 11 is 0. The predicted octanol–water partition coefficient (Wildman–Crippen LogP) is -3.60. The van der Waals surface area contributed by atoms with Crippen molar-refractivity contribution in [2.24, 2.45) is 0 Å². The molecule has 17 nitrogen and oxygen atoms in total. The first-order chi connectivity index (χ1) is 16.4. The average molecular weight is 508 g/mol. The Hall–Kier alpha value is -2.51. The highest BCUT2D eigenvalue weighted by Crippen LogP contribution is 2.38. The molecule has 3 fully saturated rings. The molecule has 200 valence electrons. The summed E-state index contributed by atoms with van der Waals surface area (Å²) in [5.74, 6) is 0. The molecule has 6 unspecified atom stereocenters. The van der Waals surface area contributed by atoms with Crippen LogP contribution >= 0.6 is 0 Å². The van der Waals surface area contributed by atoms with Crippen LogP contribution in [0.5, 0.6) is 0 Å². The molecule has 0 saturated carbocycles. The van der Waals surface area contributed by atoms with Gasteiger partial charge in [0, 0.05) is 40.5 Å². The fourth-order valence-electron chi connectivity index (χ4n) is 4.18. The molecule has 17 heteroatoms. The summed E-state index contributed by atoms with van der Waals surface area (Å²) < 4.78 is 9.79. The molecule has 0 spiro atoms. The fourth-order valence-corrected chi connectivity index (χ4v) is 4.18. The molecule has 0 aromatic rings. The van der Waals surface area contributed by atoms with Crippen molar-refractivity contribution in [2.75, 3.05) is 40.5 Å². The van der Waals surface area contributed by atoms with Crippen molar-refractivity contribution in [3.05, 3.63) is 0 Å².